The molecular weight excluding hydrogens is 258 g/mol. The minimum atomic E-state index is -2.03. The summed E-state index contributed by atoms with van der Waals surface area (Å²) in [7, 11) is 0. The first kappa shape index (κ1) is 15.2. The second kappa shape index (κ2) is 11.7. The number of hydrogen-bond donors (Lipinski definition) is 1. The van der Waals surface area contributed by atoms with Crippen molar-refractivity contribution in [2.24, 2.45) is 0 Å². The van der Waals surface area contributed by atoms with Crippen LogP contribution in [0.15, 0.2) is 0 Å². The van der Waals surface area contributed by atoms with E-state index in [0.29, 0.717) is 19.5 Å². The van der Waals surface area contributed by atoms with Gasteiger partial charge in [0.1, 0.15) is 0 Å². The van der Waals surface area contributed by atoms with E-state index in [-0.39, 0.29) is 12.5 Å². The monoisotopic (exact) mass is 274 g/mol. The van der Waals surface area contributed by atoms with Gasteiger partial charge >= 0.3 is 25.3 Å². The zero-order valence-corrected chi connectivity index (χ0v) is 9.57. The second-order valence-corrected chi connectivity index (χ2v) is 2.49. The molecule has 78 valence electrons. The van der Waals surface area contributed by atoms with E-state index in [0.717, 1.165) is 0 Å². The molecule has 0 spiro atoms. The molecule has 0 bridgehead atoms. The summed E-state index contributed by atoms with van der Waals surface area (Å²) in [4.78, 5) is 12.3. The summed E-state index contributed by atoms with van der Waals surface area (Å²) in [6.07, 6.45) is 0.694. The van der Waals surface area contributed by atoms with E-state index in [9.17, 15) is 4.79 Å². The third kappa shape index (κ3) is 11.7. The molecule has 0 rings (SSSR count). The molecule has 0 radical (unpaired) electrons. The first-order valence-electron chi connectivity index (χ1n) is 3.71. The Morgan fingerprint density at radius 3 is 2.15 bits per heavy atom. The summed E-state index contributed by atoms with van der Waals surface area (Å²) in [6.45, 7) is 6.19. The Bertz CT molecular complexity index is 162. The molecule has 6 heteroatoms. The molecule has 0 aliphatic rings. The van der Waals surface area contributed by atoms with Crippen molar-refractivity contribution < 1.29 is 35.2 Å². The Balaban J connectivity index is 0. The molecule has 0 aromatic carbocycles. The number of carbonyl (C=O) groups excluding carboxylic acids is 1. The number of carbonyl (C=O) groups is 1. The molecule has 0 atom stereocenters. The summed E-state index contributed by atoms with van der Waals surface area (Å²) in [5, 5.41) is 8.50. The molecule has 0 heterocycles. The quantitative estimate of drug-likeness (QED) is 0.568. The van der Waals surface area contributed by atoms with Crippen LogP contribution in [0.1, 0.15) is 13.3 Å². The van der Waals surface area contributed by atoms with Crippen molar-refractivity contribution in [3.8, 4) is 0 Å². The Morgan fingerprint density at radius 1 is 1.46 bits per heavy atom. The van der Waals surface area contributed by atoms with Crippen LogP contribution in [0.2, 0.25) is 0 Å². The van der Waals surface area contributed by atoms with E-state index in [1.165, 1.54) is 6.92 Å². The van der Waals surface area contributed by atoms with E-state index in [4.69, 9.17) is 11.9 Å². The van der Waals surface area contributed by atoms with Gasteiger partial charge in [0.25, 0.3) is 0 Å². The zero-order valence-electron chi connectivity index (χ0n) is 7.56. The van der Waals surface area contributed by atoms with Crippen molar-refractivity contribution in [2.75, 3.05) is 19.7 Å². The Morgan fingerprint density at radius 2 is 1.92 bits per heavy atom. The van der Waals surface area contributed by atoms with Crippen LogP contribution in [-0.2, 0) is 30.1 Å². The summed E-state index contributed by atoms with van der Waals surface area (Å²) in [5.41, 5.74) is 0. The van der Waals surface area contributed by atoms with Crippen molar-refractivity contribution in [3.05, 3.63) is 6.92 Å². The van der Waals surface area contributed by atoms with Crippen LogP contribution in [-0.4, -0.2) is 35.6 Å². The van der Waals surface area contributed by atoms with Crippen LogP contribution in [0.4, 0.5) is 0 Å². The number of hydrogen-bond acceptors (Lipinski definition) is 4. The van der Waals surface area contributed by atoms with Crippen LogP contribution in [0.5, 0.6) is 0 Å². The van der Waals surface area contributed by atoms with Crippen LogP contribution >= 0.6 is 0 Å². The molecule has 0 aliphatic carbocycles. The van der Waals surface area contributed by atoms with Crippen LogP contribution in [0, 0.1) is 6.92 Å². The minimum absolute atomic E-state index is 0.00213. The van der Waals surface area contributed by atoms with Gasteiger partial charge in [-0.2, -0.15) is 6.42 Å². The number of nitrogens with zero attached hydrogens (tertiary/aromatic N) is 1. The van der Waals surface area contributed by atoms with Gasteiger partial charge in [-0.1, -0.05) is 0 Å². The van der Waals surface area contributed by atoms with Gasteiger partial charge in [0.2, 0.25) is 5.91 Å². The van der Waals surface area contributed by atoms with Crippen LogP contribution < -0.4 is 0 Å². The summed E-state index contributed by atoms with van der Waals surface area (Å²) >= 11 is -2.03. The average Bonchev–Trinajstić information content (AvgIpc) is 2.05. The fraction of sp³-hybridized carbons (Fsp3) is 0.714. The van der Waals surface area contributed by atoms with Crippen molar-refractivity contribution >= 4 is 5.91 Å². The Labute approximate surface area is 86.3 Å². The first-order chi connectivity index (χ1) is 6.13. The van der Waals surface area contributed by atoms with Gasteiger partial charge in [-0.05, 0) is 6.54 Å². The van der Waals surface area contributed by atoms with Crippen molar-refractivity contribution in [2.45, 2.75) is 13.3 Å². The van der Waals surface area contributed by atoms with Gasteiger partial charge in [0.15, 0.2) is 0 Å². The van der Waals surface area contributed by atoms with E-state index >= 15 is 0 Å². The maximum atomic E-state index is 10.7. The van der Waals surface area contributed by atoms with Gasteiger partial charge < -0.3 is 16.9 Å². The number of aliphatic hydroxyl groups is 1. The van der Waals surface area contributed by atoms with Crippen molar-refractivity contribution in [3.63, 3.8) is 0 Å². The first-order valence-corrected chi connectivity index (χ1v) is 5.35. The molecule has 5 nitrogen and oxygen atoms in total. The molecule has 0 aliphatic heterocycles. The molecule has 0 aromatic heterocycles. The number of amides is 1. The van der Waals surface area contributed by atoms with Crippen LogP contribution in [0.3, 0.4) is 0 Å². The fourth-order valence-corrected chi connectivity index (χ4v) is 0.738. The normalized spacial score (nSPS) is 8.23. The fourth-order valence-electron chi connectivity index (χ4n) is 0.738. The molecule has 0 aromatic rings. The standard InChI is InChI=1S/C7H14NO2.Mo.2O/c1-3-4-8(5-6-9)7(2)10;;;/h9H,1,3-6H2,2H3;;;/q-1;;;. The van der Waals surface area contributed by atoms with Crippen LogP contribution in [0.25, 0.3) is 0 Å². The van der Waals surface area contributed by atoms with Gasteiger partial charge in [-0.15, -0.1) is 0 Å². The number of rotatable bonds is 4. The van der Waals surface area contributed by atoms with E-state index in [2.05, 4.69) is 6.92 Å². The van der Waals surface area contributed by atoms with Crippen molar-refractivity contribution in [1.29, 1.82) is 0 Å². The van der Waals surface area contributed by atoms with E-state index < -0.39 is 18.5 Å². The Hall–Kier alpha value is -0.282. The van der Waals surface area contributed by atoms with Gasteiger partial charge in [-0.25, -0.2) is 0 Å². The molecular formula is C7H14MoNO4-. The Kier molecular flexibility index (Phi) is 13.7. The van der Waals surface area contributed by atoms with E-state index in [1.54, 1.807) is 4.90 Å². The topological polar surface area (TPSA) is 74.7 Å². The third-order valence-corrected chi connectivity index (χ3v) is 1.24. The summed E-state index contributed by atoms with van der Waals surface area (Å²) in [5.74, 6) is -0.00213. The van der Waals surface area contributed by atoms with E-state index in [1.807, 2.05) is 0 Å². The SMILES string of the molecule is [CH2-]CCN(CCO)C(C)=O.[O]=[Mo]=[O]. The molecule has 1 N–H and O–H groups in total. The molecule has 0 fully saturated rings. The summed E-state index contributed by atoms with van der Waals surface area (Å²) < 4.78 is 17.0. The van der Waals surface area contributed by atoms with Crippen molar-refractivity contribution in [1.82, 2.24) is 4.90 Å². The number of aliphatic hydroxyl groups excluding tert-OH is 1. The molecule has 0 saturated carbocycles. The molecule has 0 saturated heterocycles. The maximum absolute atomic E-state index is 10.7. The molecule has 1 amide bonds. The zero-order chi connectivity index (χ0) is 10.7. The summed E-state index contributed by atoms with van der Waals surface area (Å²) in [6, 6.07) is 0. The predicted molar refractivity (Wildman–Crippen MR) is 40.7 cm³/mol. The second-order valence-electron chi connectivity index (χ2n) is 2.15. The average molecular weight is 272 g/mol. The van der Waals surface area contributed by atoms with Gasteiger partial charge in [0, 0.05) is 13.5 Å². The van der Waals surface area contributed by atoms with Gasteiger partial charge in [-0.3, -0.25) is 4.79 Å². The predicted octanol–water partition coefficient (Wildman–Crippen LogP) is -0.189. The molecule has 13 heavy (non-hydrogen) atoms. The van der Waals surface area contributed by atoms with Gasteiger partial charge in [0.05, 0.1) is 6.61 Å². The molecule has 0 unspecified atom stereocenters. The third-order valence-electron chi connectivity index (χ3n) is 1.24.